The number of fused-ring (bicyclic) bond motifs is 3. The van der Waals surface area contributed by atoms with Crippen LogP contribution >= 0.6 is 23.2 Å². The first kappa shape index (κ1) is 21.1. The second kappa shape index (κ2) is 9.36. The molecule has 1 unspecified atom stereocenters. The Morgan fingerprint density at radius 2 is 1.69 bits per heavy atom. The number of aromatic nitrogens is 1. The van der Waals surface area contributed by atoms with Crippen LogP contribution in [-0.2, 0) is 20.8 Å². The van der Waals surface area contributed by atoms with E-state index >= 15 is 0 Å². The third-order valence-corrected chi connectivity index (χ3v) is 6.29. The van der Waals surface area contributed by atoms with Gasteiger partial charge in [0.2, 0.25) is 0 Å². The van der Waals surface area contributed by atoms with Crippen molar-refractivity contribution in [3.05, 3.63) is 39.6 Å². The molecular weight excluding hydrogens is 413 g/mol. The Hall–Kier alpha value is -1.11. The van der Waals surface area contributed by atoms with Gasteiger partial charge < -0.3 is 18.7 Å². The summed E-state index contributed by atoms with van der Waals surface area (Å²) in [6.45, 7) is 5.85. The van der Waals surface area contributed by atoms with Gasteiger partial charge in [-0.05, 0) is 37.8 Å². The maximum Gasteiger partial charge on any atom is 0.145 e. The van der Waals surface area contributed by atoms with Crippen LogP contribution in [0, 0.1) is 0 Å². The normalized spacial score (nSPS) is 25.1. The molecule has 0 spiro atoms. The maximum absolute atomic E-state index is 6.44. The first-order valence-corrected chi connectivity index (χ1v) is 11.1. The van der Waals surface area contributed by atoms with E-state index in [9.17, 15) is 0 Å². The van der Waals surface area contributed by atoms with Crippen molar-refractivity contribution in [2.45, 2.75) is 70.4 Å². The molecule has 158 valence electrons. The van der Waals surface area contributed by atoms with Crippen LogP contribution in [0.1, 0.15) is 56.8 Å². The molecule has 29 heavy (non-hydrogen) atoms. The first-order valence-electron chi connectivity index (χ1n) is 10.3. The number of hydrogen-bond donors (Lipinski definition) is 0. The Balaban J connectivity index is 1.59. The fourth-order valence-electron chi connectivity index (χ4n) is 4.20. The minimum atomic E-state index is 0.0649. The molecule has 0 N–H and O–H groups in total. The minimum Gasteiger partial charge on any atom is -0.376 e. The van der Waals surface area contributed by atoms with Crippen LogP contribution in [0.2, 0.25) is 10.0 Å². The fourth-order valence-corrected chi connectivity index (χ4v) is 4.77. The zero-order valence-electron chi connectivity index (χ0n) is 16.8. The van der Waals surface area contributed by atoms with Gasteiger partial charge in [-0.3, -0.25) is 0 Å². The molecule has 1 saturated carbocycles. The molecule has 3 atom stereocenters. The average Bonchev–Trinajstić information content (AvgIpc) is 3.01. The van der Waals surface area contributed by atoms with Gasteiger partial charge >= 0.3 is 0 Å². The number of rotatable bonds is 5. The van der Waals surface area contributed by atoms with Crippen molar-refractivity contribution >= 4 is 23.2 Å². The number of benzene rings is 1. The molecule has 1 aromatic heterocycles. The second-order valence-corrected chi connectivity index (χ2v) is 8.91. The van der Waals surface area contributed by atoms with Gasteiger partial charge in [-0.25, -0.2) is 0 Å². The molecule has 1 saturated heterocycles. The highest BCUT2D eigenvalue weighted by molar-refractivity contribution is 6.39. The van der Waals surface area contributed by atoms with Crippen molar-refractivity contribution in [1.82, 2.24) is 5.16 Å². The average molecular weight is 440 g/mol. The van der Waals surface area contributed by atoms with Gasteiger partial charge in [0.1, 0.15) is 11.5 Å². The third-order valence-electron chi connectivity index (χ3n) is 5.66. The Bertz CT molecular complexity index is 802. The molecule has 2 heterocycles. The van der Waals surface area contributed by atoms with Crippen LogP contribution in [0.15, 0.2) is 22.7 Å². The summed E-state index contributed by atoms with van der Waals surface area (Å²) in [6.07, 6.45) is 4.34. The monoisotopic (exact) mass is 439 g/mol. The van der Waals surface area contributed by atoms with E-state index in [4.69, 9.17) is 41.9 Å². The van der Waals surface area contributed by atoms with Crippen LogP contribution in [0.3, 0.4) is 0 Å². The molecule has 2 aromatic rings. The summed E-state index contributed by atoms with van der Waals surface area (Å²) >= 11 is 12.9. The van der Waals surface area contributed by atoms with Crippen molar-refractivity contribution < 1.29 is 18.7 Å². The number of hydrogen-bond acceptors (Lipinski definition) is 5. The minimum absolute atomic E-state index is 0.0649. The van der Waals surface area contributed by atoms with E-state index in [-0.39, 0.29) is 24.2 Å². The third kappa shape index (κ3) is 4.80. The Morgan fingerprint density at radius 3 is 2.28 bits per heavy atom. The number of ether oxygens (including phenoxy) is 3. The molecule has 2 bridgehead atoms. The highest BCUT2D eigenvalue weighted by atomic mass is 35.5. The SMILES string of the molecule is CC(C)c1onc(-c2c(Cl)cccc2Cl)c1COC1C[C@H]2CC[C@@H](C1)OCCO2. The van der Waals surface area contributed by atoms with Gasteiger partial charge in [0, 0.05) is 17.0 Å². The van der Waals surface area contributed by atoms with Gasteiger partial charge in [0.25, 0.3) is 0 Å². The summed E-state index contributed by atoms with van der Waals surface area (Å²) in [5.41, 5.74) is 2.25. The van der Waals surface area contributed by atoms with Crippen LogP contribution < -0.4 is 0 Å². The second-order valence-electron chi connectivity index (χ2n) is 8.09. The van der Waals surface area contributed by atoms with E-state index < -0.39 is 0 Å². The van der Waals surface area contributed by atoms with Crippen LogP contribution in [0.5, 0.6) is 0 Å². The Morgan fingerprint density at radius 1 is 1.07 bits per heavy atom. The molecule has 0 amide bonds. The molecule has 1 aromatic carbocycles. The van der Waals surface area contributed by atoms with E-state index in [2.05, 4.69) is 19.0 Å². The zero-order valence-corrected chi connectivity index (χ0v) is 18.3. The summed E-state index contributed by atoms with van der Waals surface area (Å²) in [5, 5.41) is 5.40. The number of halogens is 2. The summed E-state index contributed by atoms with van der Waals surface area (Å²) in [4.78, 5) is 0. The topological polar surface area (TPSA) is 53.7 Å². The van der Waals surface area contributed by atoms with Crippen molar-refractivity contribution in [2.75, 3.05) is 13.2 Å². The van der Waals surface area contributed by atoms with E-state index in [0.29, 0.717) is 41.1 Å². The smallest absolute Gasteiger partial charge is 0.145 e. The Labute approximate surface area is 181 Å². The molecule has 0 radical (unpaired) electrons. The fraction of sp³-hybridized carbons (Fsp3) is 0.591. The van der Waals surface area contributed by atoms with Crippen molar-refractivity contribution in [1.29, 1.82) is 0 Å². The van der Waals surface area contributed by atoms with Crippen molar-refractivity contribution in [3.8, 4) is 11.3 Å². The quantitative estimate of drug-likeness (QED) is 0.570. The molecule has 1 aliphatic heterocycles. The summed E-state index contributed by atoms with van der Waals surface area (Å²) in [5.74, 6) is 0.967. The predicted molar refractivity (Wildman–Crippen MR) is 113 cm³/mol. The van der Waals surface area contributed by atoms with Crippen LogP contribution in [-0.4, -0.2) is 36.7 Å². The molecular formula is C22H27Cl2NO4. The van der Waals surface area contributed by atoms with Gasteiger partial charge in [-0.15, -0.1) is 0 Å². The Kier molecular flexibility index (Phi) is 6.82. The standard InChI is InChI=1S/C22H27Cl2NO4/c1-13(2)22-17(21(25-29-22)20-18(23)4-3-5-19(20)24)12-28-16-10-14-6-7-15(11-16)27-9-8-26-14/h3-5,13-16H,6-12H2,1-2H3/t14-,15+,16?. The van der Waals surface area contributed by atoms with Crippen LogP contribution in [0.25, 0.3) is 11.3 Å². The lowest BCUT2D eigenvalue weighted by Crippen LogP contribution is -2.22. The van der Waals surface area contributed by atoms with Crippen LogP contribution in [0.4, 0.5) is 0 Å². The first-order chi connectivity index (χ1) is 14.0. The predicted octanol–water partition coefficient (Wildman–Crippen LogP) is 6.02. The van der Waals surface area contributed by atoms with Gasteiger partial charge in [-0.2, -0.15) is 0 Å². The van der Waals surface area contributed by atoms with Crippen molar-refractivity contribution in [2.24, 2.45) is 0 Å². The van der Waals surface area contributed by atoms with E-state index in [0.717, 1.165) is 37.0 Å². The highest BCUT2D eigenvalue weighted by Gasteiger charge is 2.30. The molecule has 1 aliphatic carbocycles. The van der Waals surface area contributed by atoms with Crippen molar-refractivity contribution in [3.63, 3.8) is 0 Å². The van der Waals surface area contributed by atoms with E-state index in [1.165, 1.54) is 0 Å². The molecule has 2 aliphatic rings. The van der Waals surface area contributed by atoms with Gasteiger partial charge in [0.15, 0.2) is 0 Å². The molecule has 5 nitrogen and oxygen atoms in total. The molecule has 4 rings (SSSR count). The van der Waals surface area contributed by atoms with E-state index in [1.54, 1.807) is 0 Å². The summed E-state index contributed by atoms with van der Waals surface area (Å²) in [7, 11) is 0. The lowest BCUT2D eigenvalue weighted by atomic mass is 10.0. The summed E-state index contributed by atoms with van der Waals surface area (Å²) in [6, 6.07) is 5.44. The van der Waals surface area contributed by atoms with Gasteiger partial charge in [-0.1, -0.05) is 48.3 Å². The lowest BCUT2D eigenvalue weighted by Gasteiger charge is -2.20. The largest absolute Gasteiger partial charge is 0.376 e. The highest BCUT2D eigenvalue weighted by Crippen LogP contribution is 2.39. The molecule has 2 fully saturated rings. The molecule has 7 heteroatoms. The summed E-state index contributed by atoms with van der Waals surface area (Å²) < 4.78 is 23.9. The number of nitrogens with zero attached hydrogens (tertiary/aromatic N) is 1. The maximum atomic E-state index is 6.44. The van der Waals surface area contributed by atoms with E-state index in [1.807, 2.05) is 18.2 Å². The zero-order chi connectivity index (χ0) is 20.4. The van der Waals surface area contributed by atoms with Gasteiger partial charge in [0.05, 0.1) is 48.2 Å². The lowest BCUT2D eigenvalue weighted by molar-refractivity contribution is -0.0451.